The summed E-state index contributed by atoms with van der Waals surface area (Å²) in [5.74, 6) is -1.92. The molecule has 2 aromatic rings. The van der Waals surface area contributed by atoms with Crippen LogP contribution < -0.4 is 0 Å². The molecular weight excluding hydrogens is 294 g/mol. The van der Waals surface area contributed by atoms with E-state index in [0.717, 1.165) is 11.1 Å². The first-order valence-electron chi connectivity index (χ1n) is 6.41. The third-order valence-corrected chi connectivity index (χ3v) is 3.77. The first kappa shape index (κ1) is 13.7. The molecule has 5 nitrogen and oxygen atoms in total. The molecular formula is C15H12ClNO4. The van der Waals surface area contributed by atoms with Crippen molar-refractivity contribution in [1.29, 1.82) is 0 Å². The molecule has 1 aromatic heterocycles. The van der Waals surface area contributed by atoms with E-state index in [1.807, 2.05) is 12.1 Å². The molecule has 0 saturated heterocycles. The highest BCUT2D eigenvalue weighted by Gasteiger charge is 2.33. The topological polar surface area (TPSA) is 70.8 Å². The van der Waals surface area contributed by atoms with Crippen LogP contribution in [0.15, 0.2) is 40.8 Å². The van der Waals surface area contributed by atoms with Gasteiger partial charge in [-0.2, -0.15) is 0 Å². The third kappa shape index (κ3) is 2.52. The molecule has 0 fully saturated rings. The summed E-state index contributed by atoms with van der Waals surface area (Å²) >= 11 is 5.67. The summed E-state index contributed by atoms with van der Waals surface area (Å²) in [6, 6.07) is 10.2. The van der Waals surface area contributed by atoms with Gasteiger partial charge in [-0.3, -0.25) is 9.59 Å². The molecule has 1 aliphatic heterocycles. The number of rotatable bonds is 2. The van der Waals surface area contributed by atoms with Crippen molar-refractivity contribution >= 4 is 23.5 Å². The highest BCUT2D eigenvalue weighted by molar-refractivity contribution is 6.29. The Morgan fingerprint density at radius 3 is 2.67 bits per heavy atom. The average molecular weight is 306 g/mol. The second kappa shape index (κ2) is 5.26. The van der Waals surface area contributed by atoms with E-state index in [0.29, 0.717) is 6.54 Å². The Labute approximate surface area is 125 Å². The summed E-state index contributed by atoms with van der Waals surface area (Å²) in [6.07, 6.45) is 0. The minimum atomic E-state index is -0.947. The summed E-state index contributed by atoms with van der Waals surface area (Å²) in [4.78, 5) is 25.3. The Morgan fingerprint density at radius 2 is 2.00 bits per heavy atom. The second-order valence-electron chi connectivity index (χ2n) is 4.88. The number of carboxylic acids is 1. The molecule has 0 radical (unpaired) electrons. The van der Waals surface area contributed by atoms with Gasteiger partial charge in [0.2, 0.25) is 0 Å². The molecule has 108 valence electrons. The summed E-state index contributed by atoms with van der Waals surface area (Å²) in [5.41, 5.74) is 1.59. The molecule has 1 aromatic carbocycles. The number of halogens is 1. The molecule has 0 bridgehead atoms. The SMILES string of the molecule is O=C(O)C1CN(C(=O)c2ccc(Cl)o2)Cc2ccccc21. The van der Waals surface area contributed by atoms with Gasteiger partial charge in [0.1, 0.15) is 0 Å². The molecule has 0 spiro atoms. The molecule has 1 atom stereocenters. The molecule has 1 unspecified atom stereocenters. The zero-order valence-electron chi connectivity index (χ0n) is 11.0. The van der Waals surface area contributed by atoms with Crippen LogP contribution in [0.25, 0.3) is 0 Å². The van der Waals surface area contributed by atoms with Crippen molar-refractivity contribution in [2.24, 2.45) is 0 Å². The smallest absolute Gasteiger partial charge is 0.312 e. The van der Waals surface area contributed by atoms with Gasteiger partial charge in [-0.15, -0.1) is 0 Å². The molecule has 0 aliphatic carbocycles. The Balaban J connectivity index is 1.93. The lowest BCUT2D eigenvalue weighted by Crippen LogP contribution is -2.40. The van der Waals surface area contributed by atoms with Gasteiger partial charge < -0.3 is 14.4 Å². The van der Waals surface area contributed by atoms with E-state index in [2.05, 4.69) is 0 Å². The van der Waals surface area contributed by atoms with Crippen LogP contribution in [0.4, 0.5) is 0 Å². The number of fused-ring (bicyclic) bond motifs is 1. The summed E-state index contributed by atoms with van der Waals surface area (Å²) in [6.45, 7) is 0.473. The van der Waals surface area contributed by atoms with Gasteiger partial charge in [0.05, 0.1) is 5.92 Å². The maximum atomic E-state index is 12.4. The van der Waals surface area contributed by atoms with E-state index >= 15 is 0 Å². The number of hydrogen-bond acceptors (Lipinski definition) is 3. The monoisotopic (exact) mass is 305 g/mol. The van der Waals surface area contributed by atoms with Gasteiger partial charge in [0.15, 0.2) is 11.0 Å². The van der Waals surface area contributed by atoms with E-state index in [1.165, 1.54) is 17.0 Å². The standard InChI is InChI=1S/C15H12ClNO4/c16-13-6-5-12(21-13)14(18)17-7-9-3-1-2-4-10(9)11(8-17)15(19)20/h1-6,11H,7-8H2,(H,19,20). The fourth-order valence-electron chi connectivity index (χ4n) is 2.56. The van der Waals surface area contributed by atoms with Crippen LogP contribution >= 0.6 is 11.6 Å². The Hall–Kier alpha value is -2.27. The van der Waals surface area contributed by atoms with Crippen LogP contribution in [0, 0.1) is 0 Å². The lowest BCUT2D eigenvalue weighted by molar-refractivity contribution is -0.139. The maximum Gasteiger partial charge on any atom is 0.312 e. The van der Waals surface area contributed by atoms with Gasteiger partial charge in [0.25, 0.3) is 5.91 Å². The van der Waals surface area contributed by atoms with Crippen molar-refractivity contribution in [3.63, 3.8) is 0 Å². The van der Waals surface area contributed by atoms with Crippen molar-refractivity contribution in [2.45, 2.75) is 12.5 Å². The van der Waals surface area contributed by atoms with E-state index in [4.69, 9.17) is 16.0 Å². The lowest BCUT2D eigenvalue weighted by atomic mass is 9.89. The molecule has 2 heterocycles. The van der Waals surface area contributed by atoms with E-state index < -0.39 is 11.9 Å². The highest BCUT2D eigenvalue weighted by atomic mass is 35.5. The summed E-state index contributed by atoms with van der Waals surface area (Å²) in [5, 5.41) is 9.51. The molecule has 21 heavy (non-hydrogen) atoms. The summed E-state index contributed by atoms with van der Waals surface area (Å²) < 4.78 is 5.11. The quantitative estimate of drug-likeness (QED) is 0.926. The van der Waals surface area contributed by atoms with Crippen molar-refractivity contribution in [2.75, 3.05) is 6.54 Å². The number of aliphatic carboxylic acids is 1. The number of benzene rings is 1. The first-order valence-corrected chi connectivity index (χ1v) is 6.79. The third-order valence-electron chi connectivity index (χ3n) is 3.56. The van der Waals surface area contributed by atoms with Crippen molar-refractivity contribution in [3.8, 4) is 0 Å². The van der Waals surface area contributed by atoms with E-state index in [9.17, 15) is 14.7 Å². The summed E-state index contributed by atoms with van der Waals surface area (Å²) in [7, 11) is 0. The normalized spacial score (nSPS) is 17.4. The van der Waals surface area contributed by atoms with Crippen LogP contribution in [-0.2, 0) is 11.3 Å². The Morgan fingerprint density at radius 1 is 1.24 bits per heavy atom. The number of carbonyl (C=O) groups is 2. The maximum absolute atomic E-state index is 12.4. The number of hydrogen-bond donors (Lipinski definition) is 1. The fourth-order valence-corrected chi connectivity index (χ4v) is 2.70. The van der Waals surface area contributed by atoms with Gasteiger partial charge in [0, 0.05) is 13.1 Å². The van der Waals surface area contributed by atoms with Crippen molar-refractivity contribution in [1.82, 2.24) is 4.90 Å². The van der Waals surface area contributed by atoms with Crippen LogP contribution in [0.2, 0.25) is 5.22 Å². The van der Waals surface area contributed by atoms with Gasteiger partial charge in [-0.25, -0.2) is 0 Å². The Kier molecular flexibility index (Phi) is 3.43. The molecule has 0 saturated carbocycles. The molecule has 1 amide bonds. The van der Waals surface area contributed by atoms with Crippen LogP contribution in [0.1, 0.15) is 27.6 Å². The van der Waals surface area contributed by atoms with Gasteiger partial charge in [-0.05, 0) is 34.9 Å². The molecule has 3 rings (SSSR count). The first-order chi connectivity index (χ1) is 10.1. The zero-order chi connectivity index (χ0) is 15.0. The largest absolute Gasteiger partial charge is 0.481 e. The number of amides is 1. The van der Waals surface area contributed by atoms with Crippen LogP contribution in [0.5, 0.6) is 0 Å². The predicted octanol–water partition coefficient (Wildman–Crippen LogP) is 2.76. The number of carboxylic acid groups (broad SMARTS) is 1. The lowest BCUT2D eigenvalue weighted by Gasteiger charge is -2.32. The van der Waals surface area contributed by atoms with Crippen molar-refractivity contribution in [3.05, 3.63) is 58.5 Å². The Bertz CT molecular complexity index is 709. The molecule has 1 N–H and O–H groups in total. The number of furan rings is 1. The van der Waals surface area contributed by atoms with Gasteiger partial charge >= 0.3 is 5.97 Å². The van der Waals surface area contributed by atoms with Crippen LogP contribution in [-0.4, -0.2) is 28.4 Å². The van der Waals surface area contributed by atoms with Crippen LogP contribution in [0.3, 0.4) is 0 Å². The zero-order valence-corrected chi connectivity index (χ0v) is 11.7. The van der Waals surface area contributed by atoms with E-state index in [-0.39, 0.29) is 23.4 Å². The van der Waals surface area contributed by atoms with Crippen molar-refractivity contribution < 1.29 is 19.1 Å². The fraction of sp³-hybridized carbons (Fsp3) is 0.200. The average Bonchev–Trinajstić information content (AvgIpc) is 2.91. The minimum absolute atomic E-state index is 0.114. The minimum Gasteiger partial charge on any atom is -0.481 e. The number of carbonyl (C=O) groups excluding carboxylic acids is 1. The van der Waals surface area contributed by atoms with E-state index in [1.54, 1.807) is 12.1 Å². The highest BCUT2D eigenvalue weighted by Crippen LogP contribution is 2.29. The second-order valence-corrected chi connectivity index (χ2v) is 5.25. The molecule has 6 heteroatoms. The molecule has 1 aliphatic rings. The number of nitrogens with zero attached hydrogens (tertiary/aromatic N) is 1. The predicted molar refractivity (Wildman–Crippen MR) is 75.3 cm³/mol. The van der Waals surface area contributed by atoms with Gasteiger partial charge in [-0.1, -0.05) is 24.3 Å².